The first kappa shape index (κ1) is 88.1. The van der Waals surface area contributed by atoms with Crippen molar-refractivity contribution in [3.05, 3.63) is 298 Å². The molecule has 0 atom stereocenters. The van der Waals surface area contributed by atoms with Crippen LogP contribution >= 0.6 is 0 Å². The summed E-state index contributed by atoms with van der Waals surface area (Å²) in [5.41, 5.74) is 15.0. The van der Waals surface area contributed by atoms with E-state index in [1.165, 1.54) is 78.0 Å². The first-order valence-electron chi connectivity index (χ1n) is 37.1. The summed E-state index contributed by atoms with van der Waals surface area (Å²) in [6.07, 6.45) is 4.39. The monoisotopic (exact) mass is 1420 g/mol. The highest BCUT2D eigenvalue weighted by Crippen LogP contribution is 2.40. The fourth-order valence-electron chi connectivity index (χ4n) is 12.1. The smallest absolute Gasteiger partial charge is 0.279 e. The van der Waals surface area contributed by atoms with E-state index in [0.29, 0.717) is 23.3 Å². The summed E-state index contributed by atoms with van der Waals surface area (Å²) in [6, 6.07) is 69.2. The molecule has 0 heterocycles. The predicted octanol–water partition coefficient (Wildman–Crippen LogP) is 28.3. The molecule has 10 heteroatoms. The zero-order chi connectivity index (χ0) is 79.5. The Bertz CT molecular complexity index is 4450. The highest BCUT2D eigenvalue weighted by atomic mass is 16.6. The molecule has 0 aliphatic rings. The second kappa shape index (κ2) is 37.1. The molecule has 10 aromatic rings. The van der Waals surface area contributed by atoms with E-state index in [0.717, 1.165) is 11.6 Å². The van der Waals surface area contributed by atoms with Gasteiger partial charge in [-0.1, -0.05) is 369 Å². The van der Waals surface area contributed by atoms with Gasteiger partial charge in [-0.05, 0) is 145 Å². The topological polar surface area (TPSA) is 133 Å². The van der Waals surface area contributed by atoms with Gasteiger partial charge in [0.25, 0.3) is 17.1 Å². The van der Waals surface area contributed by atoms with Gasteiger partial charge in [-0.3, -0.25) is 30.3 Å². The highest BCUT2D eigenvalue weighted by Gasteiger charge is 2.29. The summed E-state index contributed by atoms with van der Waals surface area (Å²) in [5, 5.41) is 39.8. The molecule has 0 aliphatic heterocycles. The Kier molecular flexibility index (Phi) is 31.1. The summed E-state index contributed by atoms with van der Waals surface area (Å²) < 4.78 is 0. The van der Waals surface area contributed by atoms with Crippen LogP contribution in [0.5, 0.6) is 0 Å². The fourth-order valence-corrected chi connectivity index (χ4v) is 12.1. The van der Waals surface area contributed by atoms with Gasteiger partial charge < -0.3 is 4.90 Å². The Morgan fingerprint density at radius 1 is 0.343 bits per heavy atom. The highest BCUT2D eigenvalue weighted by molar-refractivity contribution is 5.97. The van der Waals surface area contributed by atoms with Crippen molar-refractivity contribution in [3.8, 4) is 0 Å². The van der Waals surface area contributed by atoms with Gasteiger partial charge in [-0.2, -0.15) is 0 Å². The van der Waals surface area contributed by atoms with Crippen molar-refractivity contribution in [1.82, 2.24) is 0 Å². The summed E-state index contributed by atoms with van der Waals surface area (Å²) in [5.74, 6) is 1.78. The molecule has 0 bridgehead atoms. The van der Waals surface area contributed by atoms with Crippen LogP contribution in [0.2, 0.25) is 0 Å². The molecule has 105 heavy (non-hydrogen) atoms. The number of nitro benzene ring substituents is 3. The molecule has 0 spiro atoms. The minimum atomic E-state index is -0.639. The normalized spacial score (nSPS) is 11.9. The first-order valence-corrected chi connectivity index (χ1v) is 37.1. The molecular weight excluding hydrogens is 1290 g/mol. The Hall–Kier alpha value is -9.28. The van der Waals surface area contributed by atoms with Crippen molar-refractivity contribution in [2.45, 2.75) is 237 Å². The number of allylic oxidation sites excluding steroid dienone is 1. The molecule has 0 saturated heterocycles. The lowest BCUT2D eigenvalue weighted by molar-refractivity contribution is -0.394. The van der Waals surface area contributed by atoms with Gasteiger partial charge in [0.05, 0.1) is 20.8 Å². The molecule has 562 valence electrons. The number of hydrogen-bond acceptors (Lipinski definition) is 7. The Morgan fingerprint density at radius 3 is 1.21 bits per heavy atom. The third-order valence-electron chi connectivity index (χ3n) is 18.0. The van der Waals surface area contributed by atoms with Crippen LogP contribution in [0, 0.1) is 35.8 Å². The number of nitrogens with zero attached hydrogens (tertiary/aromatic N) is 4. The Morgan fingerprint density at radius 2 is 0.762 bits per heavy atom. The Balaban J connectivity index is 0.000000260. The molecular formula is C95H126N4O6. The predicted molar refractivity (Wildman–Crippen MR) is 455 cm³/mol. The van der Waals surface area contributed by atoms with E-state index in [1.807, 2.05) is 26.8 Å². The van der Waals surface area contributed by atoms with Gasteiger partial charge in [-0.15, -0.1) is 0 Å². The molecule has 0 radical (unpaired) electrons. The van der Waals surface area contributed by atoms with E-state index in [-0.39, 0.29) is 54.5 Å². The molecule has 0 amide bonds. The van der Waals surface area contributed by atoms with Crippen molar-refractivity contribution in [2.75, 3.05) is 19.0 Å². The van der Waals surface area contributed by atoms with Crippen LogP contribution in [-0.2, 0) is 32.5 Å². The van der Waals surface area contributed by atoms with E-state index in [4.69, 9.17) is 0 Å². The van der Waals surface area contributed by atoms with Crippen LogP contribution in [0.4, 0.5) is 22.7 Å². The molecule has 10 nitrogen and oxygen atoms in total. The van der Waals surface area contributed by atoms with E-state index in [1.54, 1.807) is 41.0 Å². The molecule has 10 aromatic carbocycles. The van der Waals surface area contributed by atoms with Crippen LogP contribution in [-0.4, -0.2) is 28.9 Å². The minimum Gasteiger partial charge on any atom is -0.377 e. The number of nitro groups is 3. The summed E-state index contributed by atoms with van der Waals surface area (Å²) in [6.45, 7) is 59.5. The lowest BCUT2D eigenvalue weighted by Gasteiger charge is -2.31. The third kappa shape index (κ3) is 27.3. The molecule has 0 aromatic heterocycles. The molecule has 10 rings (SSSR count). The number of benzene rings is 10. The van der Waals surface area contributed by atoms with Crippen LogP contribution in [0.3, 0.4) is 0 Å². The van der Waals surface area contributed by atoms with Crippen molar-refractivity contribution >= 4 is 61.1 Å². The number of rotatable bonds is 8. The van der Waals surface area contributed by atoms with Gasteiger partial charge in [0.15, 0.2) is 0 Å². The maximum Gasteiger partial charge on any atom is 0.279 e. The first-order chi connectivity index (χ1) is 48.3. The number of anilines is 1. The zero-order valence-electron chi connectivity index (χ0n) is 69.3. The second-order valence-corrected chi connectivity index (χ2v) is 35.8. The van der Waals surface area contributed by atoms with Crippen LogP contribution < -0.4 is 4.90 Å². The number of fused-ring (bicyclic) bond motifs is 3. The third-order valence-corrected chi connectivity index (χ3v) is 18.0. The van der Waals surface area contributed by atoms with Crippen molar-refractivity contribution in [1.29, 1.82) is 0 Å². The van der Waals surface area contributed by atoms with Gasteiger partial charge in [0, 0.05) is 48.9 Å². The largest absolute Gasteiger partial charge is 0.377 e. The molecule has 0 unspecified atom stereocenters. The van der Waals surface area contributed by atoms with Gasteiger partial charge >= 0.3 is 0 Å². The lowest BCUT2D eigenvalue weighted by Crippen LogP contribution is -2.19. The average Bonchev–Trinajstić information content (AvgIpc) is 0.782. The number of hydrogen-bond donors (Lipinski definition) is 0. The summed E-state index contributed by atoms with van der Waals surface area (Å²) in [4.78, 5) is 32.3. The maximum absolute atomic E-state index is 10.8. The number of non-ortho nitro benzene ring substituents is 2. The quantitative estimate of drug-likeness (QED) is 0.109. The minimum absolute atomic E-state index is 0.0507. The van der Waals surface area contributed by atoms with E-state index in [2.05, 4.69) is 355 Å². The standard InChI is InChI=1S/C19H32.C16H21N.2C14H16.C12H16.C10H12N2O4.C10H13NO2/c1-12(2)15-10-16(13(3)4)18(19(7,8)9)17(11-15)14(5)6;1-16(2,3)14-10-6-9-13-12(14)8-7-11-15(13)17(4)5;1-14(2,3)13-10-6-8-11-7-4-5-9-12(11)13;1-14(2,3)13-9-8-11-6-4-5-7-12(11)10-13;1-12(2,3)10-9-11-7-5-4-6-8-11;1-10(2,3)8-5-4-7(11(13)14)6-9(8)12(15)16;1-10(2,3)8-4-6-9(7-5-8)11(12)13/h10-14H,1-9H3;6-11H,1-5H3;2*4-10H,1-3H3;4-10H,1-3H3;4-6H,1-3H3;4-7H,1-3H3/b;;;;10-9+;;. The molecule has 0 fully saturated rings. The van der Waals surface area contributed by atoms with E-state index >= 15 is 0 Å². The van der Waals surface area contributed by atoms with Gasteiger partial charge in [0.1, 0.15) is 0 Å². The second-order valence-electron chi connectivity index (χ2n) is 35.8. The summed E-state index contributed by atoms with van der Waals surface area (Å²) >= 11 is 0. The van der Waals surface area contributed by atoms with E-state index in [9.17, 15) is 30.3 Å². The lowest BCUT2D eigenvalue weighted by atomic mass is 9.74. The van der Waals surface area contributed by atoms with Crippen molar-refractivity contribution < 1.29 is 14.8 Å². The molecule has 0 saturated carbocycles. The van der Waals surface area contributed by atoms with Crippen LogP contribution in [0.25, 0.3) is 38.4 Å². The molecule has 0 aliphatic carbocycles. The van der Waals surface area contributed by atoms with Crippen LogP contribution in [0.15, 0.2) is 212 Å². The van der Waals surface area contributed by atoms with Crippen molar-refractivity contribution in [2.24, 2.45) is 5.41 Å². The zero-order valence-corrected chi connectivity index (χ0v) is 69.3. The maximum atomic E-state index is 10.8. The van der Waals surface area contributed by atoms with Gasteiger partial charge in [0.2, 0.25) is 0 Å². The van der Waals surface area contributed by atoms with Gasteiger partial charge in [-0.25, -0.2) is 0 Å². The fraction of sp³-hybridized carbons (Fsp3) is 0.411. The SMILES string of the molecule is CC(C)(C)/C=C/c1ccccc1.CC(C)(C)c1ccc([N+](=O)[O-])cc1.CC(C)(C)c1ccc([N+](=O)[O-])cc1[N+](=O)[O-].CC(C)(C)c1ccc2ccccc2c1.CC(C)(C)c1cccc2ccccc12.CC(C)c1cc(C(C)C)c(C(C)(C)C)c(C(C)C)c1.CN(C)c1cccc2c(C(C)(C)C)cccc12. The van der Waals surface area contributed by atoms with E-state index < -0.39 is 15.3 Å². The molecule has 0 N–H and O–H groups in total. The summed E-state index contributed by atoms with van der Waals surface area (Å²) in [7, 11) is 4.19. The average molecular weight is 1420 g/mol. The van der Waals surface area contributed by atoms with Crippen molar-refractivity contribution in [3.63, 3.8) is 0 Å². The van der Waals surface area contributed by atoms with Crippen LogP contribution in [0.1, 0.15) is 260 Å². The Labute approximate surface area is 632 Å².